The Balaban J connectivity index is 0.882. The molecule has 0 aliphatic heterocycles. The highest BCUT2D eigenvalue weighted by molar-refractivity contribution is 6.03. The fraction of sp³-hybridized carbons (Fsp3) is 0. The first-order chi connectivity index (χ1) is 42.7. The number of para-hydroxylation sites is 6. The summed E-state index contributed by atoms with van der Waals surface area (Å²) >= 11 is 0. The van der Waals surface area contributed by atoms with Crippen LogP contribution in [0.15, 0.2) is 352 Å². The zero-order chi connectivity index (χ0) is 57.4. The maximum absolute atomic E-state index is 5.77. The summed E-state index contributed by atoms with van der Waals surface area (Å²) in [5.41, 5.74) is 22.0. The third kappa shape index (κ3) is 10.7. The van der Waals surface area contributed by atoms with E-state index >= 15 is 0 Å². The lowest BCUT2D eigenvalue weighted by Crippen LogP contribution is -2.12. The standard InChI is InChI=1S/C80H58N6/c1-9-25-59(26-10-1)75-57-58-76(60-27-11-2-12-28-60)80-79(75)81-77(61-41-45-69(46-42-61)85(67-37-21-7-22-38-67)73-53-49-71(50-54-73)83(63-29-13-3-14-30-63)64-31-15-4-16-32-64)78(82-80)62-43-47-70(48-44-62)86(68-39-23-8-24-40-68)74-55-51-72(52-56-74)84(65-33-17-5-18-34-65)66-35-19-6-20-36-66/h1-58H. The minimum Gasteiger partial charge on any atom is -0.311 e. The number of rotatable bonds is 16. The Bertz CT molecular complexity index is 4130. The summed E-state index contributed by atoms with van der Waals surface area (Å²) in [6.07, 6.45) is 0. The van der Waals surface area contributed by atoms with Crippen molar-refractivity contribution in [2.24, 2.45) is 0 Å². The lowest BCUT2D eigenvalue weighted by atomic mass is 9.96. The van der Waals surface area contributed by atoms with Gasteiger partial charge in [-0.05, 0) is 157 Å². The minimum absolute atomic E-state index is 0.786. The van der Waals surface area contributed by atoms with E-state index in [9.17, 15) is 0 Å². The molecule has 0 spiro atoms. The maximum Gasteiger partial charge on any atom is 0.0979 e. The lowest BCUT2D eigenvalue weighted by molar-refractivity contribution is 1.25. The monoisotopic (exact) mass is 1100 g/mol. The predicted molar refractivity (Wildman–Crippen MR) is 360 cm³/mol. The Morgan fingerprint density at radius 1 is 0.151 bits per heavy atom. The molecule has 0 unspecified atom stereocenters. The molecule has 0 aliphatic rings. The molecule has 0 N–H and O–H groups in total. The van der Waals surface area contributed by atoms with Crippen molar-refractivity contribution in [1.29, 1.82) is 0 Å². The van der Waals surface area contributed by atoms with Gasteiger partial charge in [0, 0.05) is 90.5 Å². The van der Waals surface area contributed by atoms with Crippen molar-refractivity contribution in [3.05, 3.63) is 352 Å². The van der Waals surface area contributed by atoms with Crippen molar-refractivity contribution in [3.8, 4) is 44.8 Å². The van der Waals surface area contributed by atoms with Crippen LogP contribution in [-0.4, -0.2) is 9.97 Å². The molecule has 0 bridgehead atoms. The van der Waals surface area contributed by atoms with E-state index in [0.29, 0.717) is 0 Å². The van der Waals surface area contributed by atoms with Crippen LogP contribution in [0.4, 0.5) is 68.2 Å². The first kappa shape index (κ1) is 52.5. The summed E-state index contributed by atoms with van der Waals surface area (Å²) in [5.74, 6) is 0. The van der Waals surface area contributed by atoms with Gasteiger partial charge in [-0.3, -0.25) is 0 Å². The Kier molecular flexibility index (Phi) is 14.7. The first-order valence-corrected chi connectivity index (χ1v) is 29.1. The Hall–Kier alpha value is -11.6. The van der Waals surface area contributed by atoms with Crippen LogP contribution in [0, 0.1) is 0 Å². The van der Waals surface area contributed by atoms with E-state index in [1.54, 1.807) is 0 Å². The second-order valence-electron chi connectivity index (χ2n) is 21.0. The van der Waals surface area contributed by atoms with Gasteiger partial charge in [0.1, 0.15) is 0 Å². The molecule has 14 aromatic rings. The van der Waals surface area contributed by atoms with Gasteiger partial charge in [0.05, 0.1) is 22.4 Å². The van der Waals surface area contributed by atoms with Gasteiger partial charge in [-0.2, -0.15) is 0 Å². The minimum atomic E-state index is 0.786. The third-order valence-electron chi connectivity index (χ3n) is 15.6. The van der Waals surface area contributed by atoms with E-state index in [1.807, 2.05) is 0 Å². The summed E-state index contributed by atoms with van der Waals surface area (Å²) in [7, 11) is 0. The number of anilines is 12. The number of fused-ring (bicyclic) bond motifs is 1. The van der Waals surface area contributed by atoms with Crippen molar-refractivity contribution < 1.29 is 0 Å². The maximum atomic E-state index is 5.77. The van der Waals surface area contributed by atoms with Gasteiger partial charge in [0.25, 0.3) is 0 Å². The van der Waals surface area contributed by atoms with Crippen molar-refractivity contribution in [2.75, 3.05) is 19.6 Å². The number of aromatic nitrogens is 2. The van der Waals surface area contributed by atoms with Gasteiger partial charge < -0.3 is 19.6 Å². The molecule has 6 nitrogen and oxygen atoms in total. The highest BCUT2D eigenvalue weighted by atomic mass is 15.2. The molecule has 1 heterocycles. The highest BCUT2D eigenvalue weighted by Crippen LogP contribution is 2.44. The summed E-state index contributed by atoms with van der Waals surface area (Å²) in [6, 6.07) is 124. The van der Waals surface area contributed by atoms with Crippen LogP contribution in [0.5, 0.6) is 0 Å². The van der Waals surface area contributed by atoms with Gasteiger partial charge >= 0.3 is 0 Å². The molecule has 0 saturated carbocycles. The van der Waals surface area contributed by atoms with Gasteiger partial charge in [0.2, 0.25) is 0 Å². The smallest absolute Gasteiger partial charge is 0.0979 e. The summed E-state index contributed by atoms with van der Waals surface area (Å²) < 4.78 is 0. The van der Waals surface area contributed by atoms with Crippen molar-refractivity contribution in [3.63, 3.8) is 0 Å². The summed E-state index contributed by atoms with van der Waals surface area (Å²) in [4.78, 5) is 20.7. The summed E-state index contributed by atoms with van der Waals surface area (Å²) in [6.45, 7) is 0. The second kappa shape index (κ2) is 24.1. The predicted octanol–water partition coefficient (Wildman–Crippen LogP) is 22.2. The second-order valence-corrected chi connectivity index (χ2v) is 21.0. The average Bonchev–Trinajstić information content (AvgIpc) is 2.19. The van der Waals surface area contributed by atoms with Gasteiger partial charge in [-0.1, -0.05) is 206 Å². The zero-order valence-electron chi connectivity index (χ0n) is 47.2. The number of nitrogens with zero attached hydrogens (tertiary/aromatic N) is 6. The molecule has 408 valence electrons. The lowest BCUT2D eigenvalue weighted by Gasteiger charge is -2.28. The Morgan fingerprint density at radius 2 is 0.326 bits per heavy atom. The van der Waals surface area contributed by atoms with E-state index in [0.717, 1.165) is 124 Å². The summed E-state index contributed by atoms with van der Waals surface area (Å²) in [5, 5.41) is 0. The van der Waals surface area contributed by atoms with E-state index in [1.165, 1.54) is 0 Å². The van der Waals surface area contributed by atoms with Gasteiger partial charge in [0.15, 0.2) is 0 Å². The molecule has 0 saturated heterocycles. The SMILES string of the molecule is c1ccc(-c2ccc(-c3ccccc3)c3nc(-c4ccc(N(c5ccccc5)c5ccc(N(c6ccccc6)c6ccccc6)cc5)cc4)c(-c4ccc(N(c5ccccc5)c5ccc(N(c6ccccc6)c6ccccc6)cc5)cc4)nc23)cc1. The fourth-order valence-electron chi connectivity index (χ4n) is 11.5. The van der Waals surface area contributed by atoms with Crippen LogP contribution in [0.25, 0.3) is 55.8 Å². The van der Waals surface area contributed by atoms with E-state index < -0.39 is 0 Å². The molecule has 0 amide bonds. The van der Waals surface area contributed by atoms with E-state index in [4.69, 9.17) is 9.97 Å². The topological polar surface area (TPSA) is 38.7 Å². The first-order valence-electron chi connectivity index (χ1n) is 29.1. The van der Waals surface area contributed by atoms with E-state index in [2.05, 4.69) is 371 Å². The van der Waals surface area contributed by atoms with Crippen molar-refractivity contribution in [2.45, 2.75) is 0 Å². The fourth-order valence-corrected chi connectivity index (χ4v) is 11.5. The molecular weight excluding hydrogens is 1040 g/mol. The van der Waals surface area contributed by atoms with Crippen LogP contribution in [0.2, 0.25) is 0 Å². The normalized spacial score (nSPS) is 11.0. The average molecular weight is 1100 g/mol. The van der Waals surface area contributed by atoms with Gasteiger partial charge in [-0.15, -0.1) is 0 Å². The van der Waals surface area contributed by atoms with Crippen LogP contribution in [-0.2, 0) is 0 Å². The highest BCUT2D eigenvalue weighted by Gasteiger charge is 2.23. The molecule has 86 heavy (non-hydrogen) atoms. The van der Waals surface area contributed by atoms with Crippen molar-refractivity contribution >= 4 is 79.3 Å². The largest absolute Gasteiger partial charge is 0.311 e. The Morgan fingerprint density at radius 3 is 0.535 bits per heavy atom. The van der Waals surface area contributed by atoms with Crippen LogP contribution < -0.4 is 19.6 Å². The molecule has 13 aromatic carbocycles. The molecule has 0 fully saturated rings. The van der Waals surface area contributed by atoms with Crippen LogP contribution in [0.3, 0.4) is 0 Å². The molecule has 0 radical (unpaired) electrons. The number of hydrogen-bond acceptors (Lipinski definition) is 6. The number of benzene rings is 13. The van der Waals surface area contributed by atoms with Gasteiger partial charge in [-0.25, -0.2) is 9.97 Å². The van der Waals surface area contributed by atoms with Crippen molar-refractivity contribution in [1.82, 2.24) is 9.97 Å². The molecule has 6 heteroatoms. The molecule has 14 rings (SSSR count). The van der Waals surface area contributed by atoms with Crippen LogP contribution >= 0.6 is 0 Å². The van der Waals surface area contributed by atoms with E-state index in [-0.39, 0.29) is 0 Å². The molecular formula is C80H58N6. The third-order valence-corrected chi connectivity index (χ3v) is 15.6. The quantitative estimate of drug-likeness (QED) is 0.0960. The number of hydrogen-bond donors (Lipinski definition) is 0. The zero-order valence-corrected chi connectivity index (χ0v) is 47.2. The van der Waals surface area contributed by atoms with Crippen LogP contribution in [0.1, 0.15) is 0 Å². The molecule has 1 aromatic heterocycles. The Labute approximate surface area is 502 Å². The molecule has 0 aliphatic carbocycles. The molecule has 0 atom stereocenters.